The van der Waals surface area contributed by atoms with E-state index in [2.05, 4.69) is 29.5 Å². The molecule has 0 amide bonds. The third-order valence-corrected chi connectivity index (χ3v) is 3.48. The van der Waals surface area contributed by atoms with Gasteiger partial charge in [-0.3, -0.25) is 4.90 Å². The summed E-state index contributed by atoms with van der Waals surface area (Å²) in [6.07, 6.45) is 1.09. The molecule has 4 heteroatoms. The molecule has 0 aliphatic heterocycles. The largest absolute Gasteiger partial charge is 0.383 e. The number of hydrogen-bond donors (Lipinski definition) is 1. The maximum atomic E-state index is 5.69. The quantitative estimate of drug-likeness (QED) is 0.762. The highest BCUT2D eigenvalue weighted by Crippen LogP contribution is 2.10. The van der Waals surface area contributed by atoms with Gasteiger partial charge in [0.25, 0.3) is 0 Å². The minimum Gasteiger partial charge on any atom is -0.383 e. The Labute approximate surface area is 95.8 Å². The molecule has 0 aliphatic rings. The molecule has 1 heterocycles. The van der Waals surface area contributed by atoms with Crippen LogP contribution in [-0.4, -0.2) is 44.8 Å². The van der Waals surface area contributed by atoms with Crippen molar-refractivity contribution in [2.75, 3.05) is 33.9 Å². The molecule has 0 aromatic carbocycles. The molecule has 0 saturated carbocycles. The number of hydrogen-bond acceptors (Lipinski definition) is 4. The first-order chi connectivity index (χ1) is 7.27. The van der Waals surface area contributed by atoms with Crippen molar-refractivity contribution in [2.45, 2.75) is 12.5 Å². The molecule has 1 aromatic heterocycles. The fourth-order valence-corrected chi connectivity index (χ4v) is 2.19. The molecule has 1 unspecified atom stereocenters. The standard InChI is InChI=1S/C11H20N2OS/c1-13(10(8-12)9-14-2)6-5-11-4-3-7-15-11/h3-4,7,10H,5-6,8-9,12H2,1-2H3. The third-order valence-electron chi connectivity index (χ3n) is 2.55. The van der Waals surface area contributed by atoms with E-state index >= 15 is 0 Å². The van der Waals surface area contributed by atoms with Crippen LogP contribution in [0.4, 0.5) is 0 Å². The van der Waals surface area contributed by atoms with E-state index in [1.807, 2.05) is 11.3 Å². The zero-order valence-corrected chi connectivity index (χ0v) is 10.3. The van der Waals surface area contributed by atoms with Crippen LogP contribution in [0.3, 0.4) is 0 Å². The molecule has 2 N–H and O–H groups in total. The van der Waals surface area contributed by atoms with E-state index in [4.69, 9.17) is 10.5 Å². The highest BCUT2D eigenvalue weighted by Gasteiger charge is 2.12. The summed E-state index contributed by atoms with van der Waals surface area (Å²) >= 11 is 1.81. The molecule has 3 nitrogen and oxygen atoms in total. The second-order valence-electron chi connectivity index (χ2n) is 3.65. The lowest BCUT2D eigenvalue weighted by Crippen LogP contribution is -2.42. The topological polar surface area (TPSA) is 38.5 Å². The van der Waals surface area contributed by atoms with Crippen LogP contribution >= 0.6 is 11.3 Å². The minimum absolute atomic E-state index is 0.329. The molecule has 0 bridgehead atoms. The second kappa shape index (κ2) is 6.95. The zero-order chi connectivity index (χ0) is 11.1. The van der Waals surface area contributed by atoms with Crippen molar-refractivity contribution in [3.05, 3.63) is 22.4 Å². The van der Waals surface area contributed by atoms with Gasteiger partial charge in [-0.25, -0.2) is 0 Å². The van der Waals surface area contributed by atoms with Crippen LogP contribution < -0.4 is 5.73 Å². The number of nitrogens with zero attached hydrogens (tertiary/aromatic N) is 1. The summed E-state index contributed by atoms with van der Waals surface area (Å²) in [5, 5.41) is 2.12. The lowest BCUT2D eigenvalue weighted by molar-refractivity contribution is 0.111. The van der Waals surface area contributed by atoms with E-state index in [1.54, 1.807) is 7.11 Å². The maximum absolute atomic E-state index is 5.69. The molecule has 0 radical (unpaired) electrons. The normalized spacial score (nSPS) is 13.3. The van der Waals surface area contributed by atoms with E-state index in [9.17, 15) is 0 Å². The summed E-state index contributed by atoms with van der Waals surface area (Å²) in [5.41, 5.74) is 5.69. The Morgan fingerprint density at radius 2 is 2.40 bits per heavy atom. The second-order valence-corrected chi connectivity index (χ2v) is 4.69. The fraction of sp³-hybridized carbons (Fsp3) is 0.636. The molecule has 0 spiro atoms. The average Bonchev–Trinajstić information content (AvgIpc) is 2.75. The van der Waals surface area contributed by atoms with Crippen molar-refractivity contribution < 1.29 is 4.74 Å². The van der Waals surface area contributed by atoms with Gasteiger partial charge in [0.05, 0.1) is 6.61 Å². The summed E-state index contributed by atoms with van der Waals surface area (Å²) in [6.45, 7) is 2.39. The van der Waals surface area contributed by atoms with E-state index < -0.39 is 0 Å². The van der Waals surface area contributed by atoms with E-state index in [-0.39, 0.29) is 0 Å². The Morgan fingerprint density at radius 1 is 1.60 bits per heavy atom. The average molecular weight is 228 g/mol. The first kappa shape index (κ1) is 12.6. The Morgan fingerprint density at radius 3 is 2.93 bits per heavy atom. The van der Waals surface area contributed by atoms with E-state index in [1.165, 1.54) is 4.88 Å². The summed E-state index contributed by atoms with van der Waals surface area (Å²) in [7, 11) is 3.82. The van der Waals surface area contributed by atoms with Crippen molar-refractivity contribution in [2.24, 2.45) is 5.73 Å². The van der Waals surface area contributed by atoms with Crippen LogP contribution in [0.25, 0.3) is 0 Å². The van der Waals surface area contributed by atoms with Crippen LogP contribution in [0.5, 0.6) is 0 Å². The monoisotopic (exact) mass is 228 g/mol. The van der Waals surface area contributed by atoms with Gasteiger partial charge >= 0.3 is 0 Å². The molecule has 0 aliphatic carbocycles. The molecule has 1 rings (SSSR count). The minimum atomic E-state index is 0.329. The molecular weight excluding hydrogens is 208 g/mol. The molecule has 15 heavy (non-hydrogen) atoms. The number of ether oxygens (including phenoxy) is 1. The highest BCUT2D eigenvalue weighted by molar-refractivity contribution is 7.09. The van der Waals surface area contributed by atoms with Crippen LogP contribution in [0.15, 0.2) is 17.5 Å². The van der Waals surface area contributed by atoms with Crippen LogP contribution in [-0.2, 0) is 11.2 Å². The molecule has 0 saturated heterocycles. The SMILES string of the molecule is COCC(CN)N(C)CCc1cccs1. The third kappa shape index (κ3) is 4.30. The maximum Gasteiger partial charge on any atom is 0.0630 e. The van der Waals surface area contributed by atoms with Gasteiger partial charge in [0, 0.05) is 31.1 Å². The summed E-state index contributed by atoms with van der Waals surface area (Å²) in [4.78, 5) is 3.69. The number of nitrogens with two attached hydrogens (primary N) is 1. The number of methoxy groups -OCH3 is 1. The number of rotatable bonds is 7. The van der Waals surface area contributed by atoms with Gasteiger partial charge in [-0.05, 0) is 24.9 Å². The predicted octanol–water partition coefficient (Wildman–Crippen LogP) is 1.20. The lowest BCUT2D eigenvalue weighted by Gasteiger charge is -2.25. The lowest BCUT2D eigenvalue weighted by atomic mass is 10.2. The fourth-order valence-electron chi connectivity index (χ4n) is 1.49. The van der Waals surface area contributed by atoms with Gasteiger partial charge < -0.3 is 10.5 Å². The first-order valence-electron chi connectivity index (χ1n) is 5.19. The molecule has 86 valence electrons. The van der Waals surface area contributed by atoms with Crippen LogP contribution in [0.1, 0.15) is 4.88 Å². The Kier molecular flexibility index (Phi) is 5.86. The smallest absolute Gasteiger partial charge is 0.0630 e. The van der Waals surface area contributed by atoms with Crippen molar-refractivity contribution in [1.82, 2.24) is 4.90 Å². The van der Waals surface area contributed by atoms with Gasteiger partial charge in [-0.2, -0.15) is 0 Å². The number of thiophene rings is 1. The van der Waals surface area contributed by atoms with E-state index in [0.717, 1.165) is 13.0 Å². The van der Waals surface area contributed by atoms with Crippen molar-refractivity contribution in [1.29, 1.82) is 0 Å². The molecule has 0 fully saturated rings. The van der Waals surface area contributed by atoms with Crippen molar-refractivity contribution in [3.8, 4) is 0 Å². The van der Waals surface area contributed by atoms with Gasteiger partial charge in [-0.15, -0.1) is 11.3 Å². The summed E-state index contributed by atoms with van der Waals surface area (Å²) < 4.78 is 5.13. The van der Waals surface area contributed by atoms with Gasteiger partial charge in [0.1, 0.15) is 0 Å². The van der Waals surface area contributed by atoms with Gasteiger partial charge in [-0.1, -0.05) is 6.07 Å². The summed E-state index contributed by atoms with van der Waals surface area (Å²) in [5.74, 6) is 0. The first-order valence-corrected chi connectivity index (χ1v) is 6.07. The van der Waals surface area contributed by atoms with Crippen molar-refractivity contribution >= 4 is 11.3 Å². The van der Waals surface area contributed by atoms with Gasteiger partial charge in [0.15, 0.2) is 0 Å². The zero-order valence-electron chi connectivity index (χ0n) is 9.48. The van der Waals surface area contributed by atoms with Crippen LogP contribution in [0, 0.1) is 0 Å². The van der Waals surface area contributed by atoms with Gasteiger partial charge in [0.2, 0.25) is 0 Å². The Balaban J connectivity index is 2.30. The Hall–Kier alpha value is -0.420. The molecular formula is C11H20N2OS. The van der Waals surface area contributed by atoms with Crippen LogP contribution in [0.2, 0.25) is 0 Å². The highest BCUT2D eigenvalue weighted by atomic mass is 32.1. The van der Waals surface area contributed by atoms with Crippen molar-refractivity contribution in [3.63, 3.8) is 0 Å². The predicted molar refractivity (Wildman–Crippen MR) is 65.4 cm³/mol. The Bertz CT molecular complexity index is 251. The molecule has 1 atom stereocenters. The number of likely N-dealkylation sites (N-methyl/N-ethyl adjacent to an activating group) is 1. The molecule has 1 aromatic rings. The summed E-state index contributed by atoms with van der Waals surface area (Å²) in [6, 6.07) is 4.59. The van der Waals surface area contributed by atoms with E-state index in [0.29, 0.717) is 19.2 Å².